The number of carbonyl (C=O) groups is 2. The van der Waals surface area contributed by atoms with Crippen molar-refractivity contribution >= 4 is 11.8 Å². The largest absolute Gasteiger partial charge is 0.432 e. The van der Waals surface area contributed by atoms with E-state index in [1.165, 1.54) is 0 Å². The van der Waals surface area contributed by atoms with Gasteiger partial charge in [-0.15, -0.1) is 0 Å². The summed E-state index contributed by atoms with van der Waals surface area (Å²) in [5.41, 5.74) is -2.36. The Labute approximate surface area is 209 Å². The number of ketones is 1. The van der Waals surface area contributed by atoms with Crippen LogP contribution in [-0.2, 0) is 19.1 Å². The van der Waals surface area contributed by atoms with Gasteiger partial charge in [0.15, 0.2) is 5.78 Å². The monoisotopic (exact) mass is 510 g/mol. The minimum absolute atomic E-state index is 0.0797. The third-order valence-electron chi connectivity index (χ3n) is 10.4. The molecule has 13 atom stereocenters. The number of aliphatic hydroxyl groups is 6. The summed E-state index contributed by atoms with van der Waals surface area (Å²) in [6, 6.07) is 0. The van der Waals surface area contributed by atoms with Crippen molar-refractivity contribution < 1.29 is 49.7 Å². The highest BCUT2D eigenvalue weighted by Gasteiger charge is 2.72. The first-order valence-electron chi connectivity index (χ1n) is 12.9. The number of rotatable bonds is 3. The van der Waals surface area contributed by atoms with Crippen molar-refractivity contribution in [2.45, 2.75) is 95.3 Å². The third-order valence-corrected chi connectivity index (χ3v) is 10.4. The lowest BCUT2D eigenvalue weighted by molar-refractivity contribution is -0.300. The molecule has 0 unspecified atom stereocenters. The van der Waals surface area contributed by atoms with Crippen LogP contribution in [0.2, 0.25) is 0 Å². The maximum atomic E-state index is 13.7. The zero-order chi connectivity index (χ0) is 26.4. The van der Waals surface area contributed by atoms with Crippen LogP contribution in [0.15, 0.2) is 12.2 Å². The van der Waals surface area contributed by atoms with Crippen LogP contribution >= 0.6 is 0 Å². The number of allylic oxidation sites excluding steroid dienone is 1. The summed E-state index contributed by atoms with van der Waals surface area (Å²) >= 11 is 0. The topological polar surface area (TPSA) is 174 Å². The minimum atomic E-state index is -1.73. The number of Topliss-reactive ketones (excluding diaryl/α,β-unsaturated/α-hetero) is 1. The molecule has 0 amide bonds. The smallest absolute Gasteiger partial charge is 0.314 e. The first kappa shape index (κ1) is 26.2. The summed E-state index contributed by atoms with van der Waals surface area (Å²) in [6.45, 7) is 6.98. The van der Waals surface area contributed by atoms with E-state index in [9.17, 15) is 40.2 Å². The summed E-state index contributed by atoms with van der Waals surface area (Å²) < 4.78 is 10.9. The van der Waals surface area contributed by atoms with E-state index in [1.54, 1.807) is 6.92 Å². The van der Waals surface area contributed by atoms with Crippen LogP contribution in [0.3, 0.4) is 0 Å². The molecule has 1 heterocycles. The van der Waals surface area contributed by atoms with Gasteiger partial charge in [-0.25, -0.2) is 0 Å². The van der Waals surface area contributed by atoms with Gasteiger partial charge in [-0.3, -0.25) is 9.59 Å². The average Bonchev–Trinajstić information content (AvgIpc) is 2.99. The van der Waals surface area contributed by atoms with Crippen molar-refractivity contribution in [1.82, 2.24) is 0 Å². The molecule has 5 rings (SSSR count). The van der Waals surface area contributed by atoms with E-state index in [0.717, 1.165) is 0 Å². The Bertz CT molecular complexity index is 951. The Kier molecular flexibility index (Phi) is 6.23. The van der Waals surface area contributed by atoms with Crippen LogP contribution in [0, 0.1) is 34.0 Å². The maximum Gasteiger partial charge on any atom is 0.314 e. The number of aliphatic hydroxyl groups excluding tert-OH is 6. The molecule has 0 radical (unpaired) electrons. The lowest BCUT2D eigenvalue weighted by atomic mass is 9.39. The number of carbonyl (C=O) groups excluding carboxylic acids is 2. The van der Waals surface area contributed by atoms with E-state index in [1.807, 2.05) is 6.92 Å². The van der Waals surface area contributed by atoms with Gasteiger partial charge in [0, 0.05) is 17.3 Å². The molecule has 0 aromatic rings. The van der Waals surface area contributed by atoms with E-state index in [2.05, 4.69) is 6.58 Å². The molecule has 5 aliphatic rings. The zero-order valence-corrected chi connectivity index (χ0v) is 20.7. The number of hydrogen-bond acceptors (Lipinski definition) is 10. The quantitative estimate of drug-likeness (QED) is 0.213. The molecule has 202 valence electrons. The second-order valence-corrected chi connectivity index (χ2v) is 12.3. The van der Waals surface area contributed by atoms with Crippen LogP contribution in [0.5, 0.6) is 0 Å². The van der Waals surface area contributed by atoms with Gasteiger partial charge in [0.1, 0.15) is 24.4 Å². The molecule has 0 aromatic carbocycles. The molecule has 10 heteroatoms. The van der Waals surface area contributed by atoms with Gasteiger partial charge in [-0.1, -0.05) is 19.9 Å². The highest BCUT2D eigenvalue weighted by molar-refractivity contribution is 6.03. The van der Waals surface area contributed by atoms with Crippen LogP contribution in [0.1, 0.15) is 52.4 Å². The van der Waals surface area contributed by atoms with Crippen molar-refractivity contribution in [2.24, 2.45) is 34.0 Å². The molecule has 0 aromatic heterocycles. The summed E-state index contributed by atoms with van der Waals surface area (Å²) in [5.74, 6) is -2.00. The SMILES string of the molecule is C=C1C(=O)[C@]23C[C@H]1C[C@H](O)[C@H]2[C@]1(C)CCC[C@@](C)(C(=O)O[C@H]2O[C@@H](CO)[C@H](O)[C@@H](O)[C@@H]2O)[C@H]1[C@H](O)C3. The van der Waals surface area contributed by atoms with Crippen molar-refractivity contribution in [1.29, 1.82) is 0 Å². The first-order chi connectivity index (χ1) is 16.8. The second kappa shape index (κ2) is 8.56. The fourth-order valence-electron chi connectivity index (χ4n) is 9.04. The first-order valence-corrected chi connectivity index (χ1v) is 12.9. The molecular weight excluding hydrogens is 472 g/mol. The third kappa shape index (κ3) is 3.35. The van der Waals surface area contributed by atoms with Gasteiger partial charge in [0.25, 0.3) is 0 Å². The summed E-state index contributed by atoms with van der Waals surface area (Å²) in [4.78, 5) is 27.1. The Morgan fingerprint density at radius 2 is 1.72 bits per heavy atom. The van der Waals surface area contributed by atoms with Crippen molar-refractivity contribution in [3.63, 3.8) is 0 Å². The zero-order valence-electron chi connectivity index (χ0n) is 20.7. The lowest BCUT2D eigenvalue weighted by Crippen LogP contribution is -2.67. The van der Waals surface area contributed by atoms with Crippen LogP contribution in [-0.4, -0.2) is 91.9 Å². The van der Waals surface area contributed by atoms with E-state index in [0.29, 0.717) is 37.7 Å². The second-order valence-electron chi connectivity index (χ2n) is 12.3. The van der Waals surface area contributed by atoms with E-state index >= 15 is 0 Å². The fourth-order valence-corrected chi connectivity index (χ4v) is 9.04. The molecule has 4 saturated carbocycles. The molecule has 6 N–H and O–H groups in total. The standard InChI is InChI=1S/C26H38O10/c1-11-12-7-13(28)20-24(2)5-4-6-25(3,19(24)14(29)9-26(20,8-12)21(11)33)23(34)36-22-18(32)17(31)16(30)15(10-27)35-22/h12-20,22,27-32H,1,4-10H2,2-3H3/t12-,13+,14-,15+,16+,17-,18+,19+,20+,22-,24-,25-,26+/m1/s1. The van der Waals surface area contributed by atoms with Crippen molar-refractivity contribution in [3.05, 3.63) is 12.2 Å². The van der Waals surface area contributed by atoms with Gasteiger partial charge in [-0.05, 0) is 55.9 Å². The Morgan fingerprint density at radius 3 is 2.39 bits per heavy atom. The van der Waals surface area contributed by atoms with E-state index in [4.69, 9.17) is 9.47 Å². The average molecular weight is 511 g/mol. The number of fused-ring (bicyclic) bond motifs is 3. The van der Waals surface area contributed by atoms with Crippen LogP contribution < -0.4 is 0 Å². The summed E-state index contributed by atoms with van der Waals surface area (Å²) in [5, 5.41) is 62.8. The predicted molar refractivity (Wildman–Crippen MR) is 123 cm³/mol. The van der Waals surface area contributed by atoms with Gasteiger partial charge in [-0.2, -0.15) is 0 Å². The summed E-state index contributed by atoms with van der Waals surface area (Å²) in [6.07, 6.45) is -6.93. The van der Waals surface area contributed by atoms with E-state index < -0.39 is 83.6 Å². The molecule has 1 aliphatic heterocycles. The minimum Gasteiger partial charge on any atom is -0.432 e. The molecular formula is C26H38O10. The molecule has 10 nitrogen and oxygen atoms in total. The maximum absolute atomic E-state index is 13.7. The Hall–Kier alpha value is -1.40. The van der Waals surface area contributed by atoms with Gasteiger partial charge < -0.3 is 40.1 Å². The number of hydrogen-bond donors (Lipinski definition) is 6. The van der Waals surface area contributed by atoms with E-state index in [-0.39, 0.29) is 18.1 Å². The molecule has 1 saturated heterocycles. The van der Waals surface area contributed by atoms with Crippen LogP contribution in [0.25, 0.3) is 0 Å². The number of ether oxygens (including phenoxy) is 2. The summed E-state index contributed by atoms with van der Waals surface area (Å²) in [7, 11) is 0. The fraction of sp³-hybridized carbons (Fsp3) is 0.846. The highest BCUT2D eigenvalue weighted by Crippen LogP contribution is 2.71. The lowest BCUT2D eigenvalue weighted by Gasteiger charge is -2.65. The number of esters is 1. The van der Waals surface area contributed by atoms with Gasteiger partial charge >= 0.3 is 5.97 Å². The molecule has 1 spiro atoms. The molecule has 36 heavy (non-hydrogen) atoms. The predicted octanol–water partition coefficient (Wildman–Crippen LogP) is -0.581. The highest BCUT2D eigenvalue weighted by atomic mass is 16.7. The van der Waals surface area contributed by atoms with Gasteiger partial charge in [0.2, 0.25) is 6.29 Å². The van der Waals surface area contributed by atoms with Crippen molar-refractivity contribution in [2.75, 3.05) is 6.61 Å². The Balaban J connectivity index is 1.47. The van der Waals surface area contributed by atoms with Gasteiger partial charge in [0.05, 0.1) is 24.2 Å². The molecule has 5 fully saturated rings. The molecule has 4 aliphatic carbocycles. The van der Waals surface area contributed by atoms with Crippen LogP contribution in [0.4, 0.5) is 0 Å². The molecule has 2 bridgehead atoms. The van der Waals surface area contributed by atoms with Crippen molar-refractivity contribution in [3.8, 4) is 0 Å². The Morgan fingerprint density at radius 1 is 1.03 bits per heavy atom. The normalized spacial score (nSPS) is 54.6.